The number of pyridine rings is 1. The molecule has 1 aromatic carbocycles. The number of ether oxygens (including phenoxy) is 1. The number of rotatable bonds is 7. The zero-order chi connectivity index (χ0) is 26.0. The molecule has 15 heteroatoms. The lowest BCUT2D eigenvalue weighted by molar-refractivity contribution is 0.0968. The van der Waals surface area contributed by atoms with Crippen molar-refractivity contribution in [3.05, 3.63) is 63.2 Å². The number of aromatic nitrogens is 2. The number of hydrogen-bond donors (Lipinski definition) is 3. The Bertz CT molecular complexity index is 1430. The van der Waals surface area contributed by atoms with Crippen molar-refractivity contribution in [3.63, 3.8) is 0 Å². The third kappa shape index (κ3) is 5.79. The zero-order valence-corrected chi connectivity index (χ0v) is 21.0. The predicted octanol–water partition coefficient (Wildman–Crippen LogP) is 3.02. The molecule has 0 aliphatic carbocycles. The van der Waals surface area contributed by atoms with E-state index in [1.165, 1.54) is 30.5 Å². The molecule has 0 atom stereocenters. The highest BCUT2D eigenvalue weighted by Crippen LogP contribution is 2.27. The lowest BCUT2D eigenvalue weighted by Gasteiger charge is -2.22. The van der Waals surface area contributed by atoms with Crippen LogP contribution in [0.15, 0.2) is 42.6 Å². The molecule has 12 nitrogen and oxygen atoms in total. The summed E-state index contributed by atoms with van der Waals surface area (Å²) in [4.78, 5) is 36.9. The normalized spacial score (nSPS) is 13.4. The summed E-state index contributed by atoms with van der Waals surface area (Å²) in [6.45, 7) is 2.41. The Balaban J connectivity index is 1.65. The fraction of sp³-hybridized carbons (Fsp3) is 0.190. The van der Waals surface area contributed by atoms with Crippen molar-refractivity contribution in [1.82, 2.24) is 9.97 Å². The van der Waals surface area contributed by atoms with Gasteiger partial charge in [-0.3, -0.25) is 29.4 Å². The Hall–Kier alpha value is -3.59. The molecular formula is C21H19ClN6O6S2. The quantitative estimate of drug-likeness (QED) is 0.375. The SMILES string of the molecule is Cc1nc(C(=O)N(CS(=O)(=O)O)c2ccc(N3CCOC3=N)cc2)c(C(=O)Nc2ccc(Cl)cn2)s1. The summed E-state index contributed by atoms with van der Waals surface area (Å²) in [5, 5.41) is 11.1. The largest absolute Gasteiger partial charge is 0.463 e. The topological polar surface area (TPSA) is 166 Å². The van der Waals surface area contributed by atoms with Gasteiger partial charge in [0, 0.05) is 17.6 Å². The van der Waals surface area contributed by atoms with Crippen molar-refractivity contribution in [1.29, 1.82) is 5.41 Å². The van der Waals surface area contributed by atoms with Crippen LogP contribution in [-0.2, 0) is 14.9 Å². The number of amidine groups is 1. The van der Waals surface area contributed by atoms with Crippen molar-refractivity contribution in [2.24, 2.45) is 0 Å². The van der Waals surface area contributed by atoms with Gasteiger partial charge in [-0.05, 0) is 43.3 Å². The van der Waals surface area contributed by atoms with Gasteiger partial charge >= 0.3 is 0 Å². The third-order valence-electron chi connectivity index (χ3n) is 4.92. The smallest absolute Gasteiger partial charge is 0.289 e. The van der Waals surface area contributed by atoms with E-state index in [0.29, 0.717) is 28.9 Å². The predicted molar refractivity (Wildman–Crippen MR) is 135 cm³/mol. The molecule has 0 radical (unpaired) electrons. The molecule has 1 aliphatic rings. The van der Waals surface area contributed by atoms with Crippen LogP contribution in [0.25, 0.3) is 0 Å². The summed E-state index contributed by atoms with van der Waals surface area (Å²) in [5.74, 6) is -2.45. The first-order valence-electron chi connectivity index (χ1n) is 10.3. The highest BCUT2D eigenvalue weighted by Gasteiger charge is 2.30. The fourth-order valence-corrected chi connectivity index (χ4v) is 4.87. The molecule has 188 valence electrons. The summed E-state index contributed by atoms with van der Waals surface area (Å²) in [5.41, 5.74) is 0.441. The fourth-order valence-electron chi connectivity index (χ4n) is 3.36. The molecule has 36 heavy (non-hydrogen) atoms. The van der Waals surface area contributed by atoms with E-state index in [4.69, 9.17) is 21.7 Å². The molecule has 0 spiro atoms. The summed E-state index contributed by atoms with van der Waals surface area (Å²) < 4.78 is 38.1. The van der Waals surface area contributed by atoms with Gasteiger partial charge in [-0.15, -0.1) is 11.3 Å². The number of amides is 2. The highest BCUT2D eigenvalue weighted by atomic mass is 35.5. The minimum atomic E-state index is -4.64. The van der Waals surface area contributed by atoms with Crippen molar-refractivity contribution >= 4 is 68.1 Å². The second-order valence-corrected chi connectivity index (χ2v) is 10.6. The molecule has 1 saturated heterocycles. The summed E-state index contributed by atoms with van der Waals surface area (Å²) in [6.07, 6.45) is 1.34. The molecule has 0 saturated carbocycles. The van der Waals surface area contributed by atoms with E-state index in [9.17, 15) is 22.6 Å². The van der Waals surface area contributed by atoms with Crippen LogP contribution in [0, 0.1) is 12.3 Å². The number of thiazole rings is 1. The van der Waals surface area contributed by atoms with Crippen LogP contribution in [-0.4, -0.2) is 59.8 Å². The van der Waals surface area contributed by atoms with Crippen LogP contribution < -0.4 is 15.1 Å². The molecule has 2 aromatic heterocycles. The molecule has 4 rings (SSSR count). The van der Waals surface area contributed by atoms with E-state index in [1.807, 2.05) is 0 Å². The van der Waals surface area contributed by atoms with E-state index in [0.717, 1.165) is 16.2 Å². The van der Waals surface area contributed by atoms with Gasteiger partial charge in [-0.2, -0.15) is 8.42 Å². The van der Waals surface area contributed by atoms with Gasteiger partial charge in [0.15, 0.2) is 11.6 Å². The van der Waals surface area contributed by atoms with E-state index < -0.39 is 27.8 Å². The Morgan fingerprint density at radius 1 is 1.28 bits per heavy atom. The van der Waals surface area contributed by atoms with E-state index in [1.54, 1.807) is 24.0 Å². The highest BCUT2D eigenvalue weighted by molar-refractivity contribution is 7.85. The van der Waals surface area contributed by atoms with Crippen LogP contribution in [0.5, 0.6) is 0 Å². The first-order valence-corrected chi connectivity index (χ1v) is 13.1. The van der Waals surface area contributed by atoms with E-state index in [-0.39, 0.29) is 28.1 Å². The van der Waals surface area contributed by atoms with Gasteiger partial charge in [0.25, 0.3) is 28.0 Å². The first-order chi connectivity index (χ1) is 17.0. The molecule has 1 fully saturated rings. The Morgan fingerprint density at radius 2 is 2.00 bits per heavy atom. The Morgan fingerprint density at radius 3 is 2.58 bits per heavy atom. The van der Waals surface area contributed by atoms with Crippen LogP contribution in [0.3, 0.4) is 0 Å². The minimum Gasteiger partial charge on any atom is -0.463 e. The van der Waals surface area contributed by atoms with Gasteiger partial charge in [0.2, 0.25) is 0 Å². The summed E-state index contributed by atoms with van der Waals surface area (Å²) in [6, 6.07) is 9.05. The standard InChI is InChI=1S/C21H19ClN6O6S2/c1-12-25-17(18(35-12)19(29)26-16-7-2-13(22)10-24-16)20(30)28(11-36(31,32)33)15-5-3-14(4-6-15)27-8-9-34-21(27)23/h2-7,10,23H,8-9,11H2,1H3,(H,24,26,29)(H,31,32,33). The van der Waals surface area contributed by atoms with Crippen molar-refractivity contribution in [3.8, 4) is 0 Å². The number of benzene rings is 1. The average Bonchev–Trinajstić information content (AvgIpc) is 3.43. The van der Waals surface area contributed by atoms with Gasteiger partial charge < -0.3 is 10.1 Å². The molecule has 2 amide bonds. The number of halogens is 1. The van der Waals surface area contributed by atoms with Gasteiger partial charge in [-0.1, -0.05) is 11.6 Å². The van der Waals surface area contributed by atoms with E-state index >= 15 is 0 Å². The maximum absolute atomic E-state index is 13.5. The minimum absolute atomic E-state index is 0.0302. The third-order valence-corrected chi connectivity index (χ3v) is 6.70. The van der Waals surface area contributed by atoms with E-state index in [2.05, 4.69) is 15.3 Å². The van der Waals surface area contributed by atoms with Crippen LogP contribution >= 0.6 is 22.9 Å². The van der Waals surface area contributed by atoms with Gasteiger partial charge in [-0.25, -0.2) is 9.97 Å². The number of nitrogens with zero attached hydrogens (tertiary/aromatic N) is 4. The molecular weight excluding hydrogens is 532 g/mol. The molecule has 0 unspecified atom stereocenters. The maximum atomic E-state index is 13.5. The van der Waals surface area contributed by atoms with Crippen molar-refractivity contribution in [2.75, 3.05) is 34.1 Å². The second kappa shape index (κ2) is 10.2. The lowest BCUT2D eigenvalue weighted by Crippen LogP contribution is -2.37. The van der Waals surface area contributed by atoms with Crippen LogP contribution in [0.1, 0.15) is 25.2 Å². The second-order valence-electron chi connectivity index (χ2n) is 7.49. The monoisotopic (exact) mass is 550 g/mol. The number of hydrogen-bond acceptors (Lipinski definition) is 9. The number of carbonyl (C=O) groups is 2. The summed E-state index contributed by atoms with van der Waals surface area (Å²) >= 11 is 6.76. The van der Waals surface area contributed by atoms with Gasteiger partial charge in [0.05, 0.1) is 16.6 Å². The molecule has 1 aliphatic heterocycles. The Kier molecular flexibility index (Phi) is 7.21. The van der Waals surface area contributed by atoms with Crippen LogP contribution in [0.2, 0.25) is 5.02 Å². The molecule has 3 N–H and O–H groups in total. The Labute approximate surface area is 214 Å². The van der Waals surface area contributed by atoms with Crippen molar-refractivity contribution in [2.45, 2.75) is 6.92 Å². The number of carbonyl (C=O) groups excluding carboxylic acids is 2. The maximum Gasteiger partial charge on any atom is 0.289 e. The number of aryl methyl sites for hydroxylation is 1. The van der Waals surface area contributed by atoms with Crippen molar-refractivity contribution < 1.29 is 27.3 Å². The lowest BCUT2D eigenvalue weighted by atomic mass is 10.2. The summed E-state index contributed by atoms with van der Waals surface area (Å²) in [7, 11) is -4.64. The average molecular weight is 551 g/mol. The zero-order valence-electron chi connectivity index (χ0n) is 18.6. The molecule has 0 bridgehead atoms. The number of anilines is 3. The van der Waals surface area contributed by atoms with Gasteiger partial charge in [0.1, 0.15) is 17.3 Å². The molecule has 3 aromatic rings. The number of nitrogens with one attached hydrogen (secondary N) is 2. The van der Waals surface area contributed by atoms with Crippen LogP contribution in [0.4, 0.5) is 17.2 Å². The molecule has 3 heterocycles. The first kappa shape index (κ1) is 25.5.